The molecular formula is C35H67NO3. The fourth-order valence-corrected chi connectivity index (χ4v) is 5.44. The Balaban J connectivity index is 2.08. The Morgan fingerprint density at radius 2 is 1.15 bits per heavy atom. The van der Waals surface area contributed by atoms with E-state index < -0.39 is 0 Å². The van der Waals surface area contributed by atoms with Crippen molar-refractivity contribution in [3.63, 3.8) is 0 Å². The molecule has 0 amide bonds. The maximum atomic E-state index is 9.70. The number of aliphatic hydroxyl groups excluding tert-OH is 1. The summed E-state index contributed by atoms with van der Waals surface area (Å²) in [5.41, 5.74) is 0. The first-order valence-corrected chi connectivity index (χ1v) is 17.2. The van der Waals surface area contributed by atoms with Crippen molar-refractivity contribution in [2.24, 2.45) is 0 Å². The van der Waals surface area contributed by atoms with Crippen molar-refractivity contribution in [1.29, 1.82) is 0 Å². The number of ether oxygens (including phenoxy) is 2. The maximum Gasteiger partial charge on any atom is 0.170 e. The first-order chi connectivity index (χ1) is 19.3. The van der Waals surface area contributed by atoms with Gasteiger partial charge in [0.1, 0.15) is 0 Å². The molecule has 0 saturated carbocycles. The second-order valence-corrected chi connectivity index (χ2v) is 11.7. The van der Waals surface area contributed by atoms with Crippen LogP contribution in [0.15, 0.2) is 24.3 Å². The highest BCUT2D eigenvalue weighted by atomic mass is 16.7. The number of nitrogens with zero attached hydrogens (tertiary/aromatic N) is 1. The molecule has 0 bridgehead atoms. The molecule has 4 heteroatoms. The lowest BCUT2D eigenvalue weighted by Crippen LogP contribution is -2.40. The fraction of sp³-hybridized carbons (Fsp3) is 0.886. The van der Waals surface area contributed by atoms with E-state index in [0.717, 1.165) is 52.0 Å². The van der Waals surface area contributed by atoms with Crippen molar-refractivity contribution in [3.05, 3.63) is 24.3 Å². The topological polar surface area (TPSA) is 41.9 Å². The highest BCUT2D eigenvalue weighted by Gasteiger charge is 2.26. The molecule has 4 nitrogen and oxygen atoms in total. The number of hydrogen-bond donors (Lipinski definition) is 1. The summed E-state index contributed by atoms with van der Waals surface area (Å²) < 4.78 is 12.4. The first-order valence-electron chi connectivity index (χ1n) is 17.2. The Kier molecular flexibility index (Phi) is 26.9. The van der Waals surface area contributed by atoms with Crippen LogP contribution in [0, 0.1) is 0 Å². The Morgan fingerprint density at radius 3 is 1.72 bits per heavy atom. The molecule has 0 radical (unpaired) electrons. The van der Waals surface area contributed by atoms with E-state index in [1.54, 1.807) is 0 Å². The molecule has 2 atom stereocenters. The third kappa shape index (κ3) is 22.7. The van der Waals surface area contributed by atoms with Gasteiger partial charge in [-0.1, -0.05) is 122 Å². The molecular weight excluding hydrogens is 482 g/mol. The summed E-state index contributed by atoms with van der Waals surface area (Å²) in [6.07, 6.45) is 37.2. The van der Waals surface area contributed by atoms with Crippen molar-refractivity contribution < 1.29 is 14.6 Å². The van der Waals surface area contributed by atoms with Gasteiger partial charge in [0.15, 0.2) is 6.29 Å². The third-order valence-corrected chi connectivity index (χ3v) is 8.04. The van der Waals surface area contributed by atoms with Crippen LogP contribution in [-0.2, 0) is 9.47 Å². The summed E-state index contributed by atoms with van der Waals surface area (Å²) in [5.74, 6) is 0. The molecule has 230 valence electrons. The van der Waals surface area contributed by atoms with Crippen LogP contribution < -0.4 is 0 Å². The molecule has 1 aliphatic heterocycles. The van der Waals surface area contributed by atoms with Gasteiger partial charge in [-0.3, -0.25) is 4.90 Å². The number of aliphatic hydroxyl groups is 1. The first kappa shape index (κ1) is 36.3. The molecule has 1 N–H and O–H groups in total. The summed E-state index contributed by atoms with van der Waals surface area (Å²) in [5, 5.41) is 9.70. The highest BCUT2D eigenvalue weighted by molar-refractivity contribution is 4.92. The third-order valence-electron chi connectivity index (χ3n) is 8.04. The van der Waals surface area contributed by atoms with E-state index in [0.29, 0.717) is 0 Å². The van der Waals surface area contributed by atoms with Gasteiger partial charge in [0.25, 0.3) is 0 Å². The van der Waals surface area contributed by atoms with Gasteiger partial charge in [0.2, 0.25) is 0 Å². The zero-order chi connectivity index (χ0) is 28.1. The van der Waals surface area contributed by atoms with E-state index in [1.165, 1.54) is 116 Å². The quantitative estimate of drug-likeness (QED) is 0.0573. The predicted molar refractivity (Wildman–Crippen MR) is 169 cm³/mol. The van der Waals surface area contributed by atoms with E-state index in [9.17, 15) is 5.11 Å². The smallest absolute Gasteiger partial charge is 0.170 e. The van der Waals surface area contributed by atoms with Gasteiger partial charge >= 0.3 is 0 Å². The highest BCUT2D eigenvalue weighted by Crippen LogP contribution is 2.18. The van der Waals surface area contributed by atoms with E-state index in [4.69, 9.17) is 9.47 Å². The minimum Gasteiger partial charge on any atom is -0.395 e. The Labute approximate surface area is 244 Å². The summed E-state index contributed by atoms with van der Waals surface area (Å²) in [6, 6.07) is 0.282. The molecule has 1 saturated heterocycles. The molecule has 1 rings (SSSR count). The molecule has 0 spiro atoms. The van der Waals surface area contributed by atoms with Crippen molar-refractivity contribution in [2.45, 2.75) is 167 Å². The molecule has 39 heavy (non-hydrogen) atoms. The van der Waals surface area contributed by atoms with Crippen LogP contribution in [0.25, 0.3) is 0 Å². The van der Waals surface area contributed by atoms with Crippen LogP contribution in [-0.4, -0.2) is 55.2 Å². The average Bonchev–Trinajstić information content (AvgIpc) is 3.40. The summed E-state index contributed by atoms with van der Waals surface area (Å²) in [4.78, 5) is 2.37. The summed E-state index contributed by atoms with van der Waals surface area (Å²) >= 11 is 0. The normalized spacial score (nSPS) is 17.3. The predicted octanol–water partition coefficient (Wildman–Crippen LogP) is 9.76. The van der Waals surface area contributed by atoms with Crippen LogP contribution in [0.4, 0.5) is 0 Å². The van der Waals surface area contributed by atoms with Gasteiger partial charge in [0.05, 0.1) is 6.61 Å². The van der Waals surface area contributed by atoms with Gasteiger partial charge in [-0.05, 0) is 64.3 Å². The number of rotatable bonds is 29. The minimum atomic E-state index is -0.153. The van der Waals surface area contributed by atoms with Crippen molar-refractivity contribution >= 4 is 0 Å². The molecule has 0 aliphatic carbocycles. The van der Waals surface area contributed by atoms with Gasteiger partial charge in [-0.15, -0.1) is 0 Å². The lowest BCUT2D eigenvalue weighted by Gasteiger charge is -2.28. The van der Waals surface area contributed by atoms with Crippen LogP contribution in [0.5, 0.6) is 0 Å². The van der Waals surface area contributed by atoms with Gasteiger partial charge in [-0.2, -0.15) is 0 Å². The lowest BCUT2D eigenvalue weighted by atomic mass is 10.1. The minimum absolute atomic E-state index is 0.153. The zero-order valence-electron chi connectivity index (χ0n) is 26.3. The van der Waals surface area contributed by atoms with E-state index in [2.05, 4.69) is 43.1 Å². The lowest BCUT2D eigenvalue weighted by molar-refractivity contribution is -0.156. The van der Waals surface area contributed by atoms with E-state index >= 15 is 0 Å². The molecule has 1 fully saturated rings. The van der Waals surface area contributed by atoms with Crippen molar-refractivity contribution in [2.75, 3.05) is 32.9 Å². The van der Waals surface area contributed by atoms with Crippen LogP contribution in [0.3, 0.4) is 0 Å². The van der Waals surface area contributed by atoms with Gasteiger partial charge in [-0.25, -0.2) is 0 Å². The van der Waals surface area contributed by atoms with Gasteiger partial charge in [0, 0.05) is 25.8 Å². The second-order valence-electron chi connectivity index (χ2n) is 11.7. The molecule has 1 heterocycles. The molecule has 0 aromatic carbocycles. The van der Waals surface area contributed by atoms with Crippen molar-refractivity contribution in [1.82, 2.24) is 4.90 Å². The van der Waals surface area contributed by atoms with Crippen LogP contribution in [0.1, 0.15) is 155 Å². The number of hydrogen-bond acceptors (Lipinski definition) is 4. The monoisotopic (exact) mass is 550 g/mol. The fourth-order valence-electron chi connectivity index (χ4n) is 5.44. The average molecular weight is 550 g/mol. The van der Waals surface area contributed by atoms with Crippen LogP contribution >= 0.6 is 0 Å². The number of allylic oxidation sites excluding steroid dienone is 4. The maximum absolute atomic E-state index is 9.70. The SMILES string of the molecule is CCCCCC=CCC=CCCCCCCCCOC(CN1CCC[C@H]1CO)OCCCCCCCCCC. The van der Waals surface area contributed by atoms with E-state index in [1.807, 2.05) is 0 Å². The Hall–Kier alpha value is -0.680. The zero-order valence-corrected chi connectivity index (χ0v) is 26.3. The Bertz CT molecular complexity index is 550. The summed E-state index contributed by atoms with van der Waals surface area (Å²) in [6.45, 7) is 8.21. The Morgan fingerprint density at radius 1 is 0.667 bits per heavy atom. The van der Waals surface area contributed by atoms with Crippen molar-refractivity contribution in [3.8, 4) is 0 Å². The molecule has 0 aromatic rings. The number of unbranched alkanes of at least 4 members (excludes halogenated alkanes) is 16. The van der Waals surface area contributed by atoms with Crippen LogP contribution in [0.2, 0.25) is 0 Å². The molecule has 1 unspecified atom stereocenters. The van der Waals surface area contributed by atoms with E-state index in [-0.39, 0.29) is 18.9 Å². The largest absolute Gasteiger partial charge is 0.395 e. The second kappa shape index (κ2) is 28.8. The standard InChI is InChI=1S/C35H67NO3/c1-3-5-7-9-11-13-14-15-16-17-18-19-20-22-24-26-31-39-35(32-36-29-27-28-34(36)33-37)38-30-25-23-21-12-10-8-6-4-2/h11,13,15-16,34-35,37H,3-10,12,14,17-33H2,1-2H3/t34-,35?/m0/s1. The summed E-state index contributed by atoms with van der Waals surface area (Å²) in [7, 11) is 0. The number of likely N-dealkylation sites (tertiary alicyclic amines) is 1. The molecule has 0 aromatic heterocycles. The molecule has 1 aliphatic rings. The van der Waals surface area contributed by atoms with Gasteiger partial charge < -0.3 is 14.6 Å².